The summed E-state index contributed by atoms with van der Waals surface area (Å²) in [5.41, 5.74) is 6.92. The molecule has 18 heavy (non-hydrogen) atoms. The van der Waals surface area contributed by atoms with Crippen LogP contribution in [-0.4, -0.2) is 24.5 Å². The van der Waals surface area contributed by atoms with E-state index in [-0.39, 0.29) is 0 Å². The molecule has 1 aliphatic rings. The largest absolute Gasteiger partial charge is 0.330 e. The normalized spacial score (nSPS) is 22.9. The minimum absolute atomic E-state index is 0.402. The molecule has 0 amide bonds. The molecule has 0 radical (unpaired) electrons. The third-order valence-electron chi connectivity index (χ3n) is 4.03. The fourth-order valence-electron chi connectivity index (χ4n) is 2.93. The van der Waals surface area contributed by atoms with Crippen LogP contribution in [0, 0.1) is 5.92 Å². The van der Waals surface area contributed by atoms with Gasteiger partial charge in [0.1, 0.15) is 0 Å². The summed E-state index contributed by atoms with van der Waals surface area (Å²) in [5, 5.41) is 0.881. The van der Waals surface area contributed by atoms with E-state index in [4.69, 9.17) is 17.3 Å². The lowest BCUT2D eigenvalue weighted by Crippen LogP contribution is -2.38. The Morgan fingerprint density at radius 1 is 1.44 bits per heavy atom. The summed E-state index contributed by atoms with van der Waals surface area (Å²) in [6.45, 7) is 5.39. The van der Waals surface area contributed by atoms with Crippen molar-refractivity contribution in [2.45, 2.75) is 32.2 Å². The molecule has 100 valence electrons. The van der Waals surface area contributed by atoms with E-state index in [0.717, 1.165) is 30.5 Å². The van der Waals surface area contributed by atoms with Crippen molar-refractivity contribution in [3.8, 4) is 0 Å². The van der Waals surface area contributed by atoms with Crippen molar-refractivity contribution < 1.29 is 0 Å². The lowest BCUT2D eigenvalue weighted by atomic mass is 9.93. The van der Waals surface area contributed by atoms with Crippen LogP contribution >= 0.6 is 11.6 Å². The number of likely N-dealkylation sites (tertiary alicyclic amines) is 1. The second kappa shape index (κ2) is 6.55. The van der Waals surface area contributed by atoms with Gasteiger partial charge in [-0.3, -0.25) is 4.90 Å². The molecule has 0 aliphatic carbocycles. The highest BCUT2D eigenvalue weighted by molar-refractivity contribution is 6.31. The minimum atomic E-state index is 0.402. The van der Waals surface area contributed by atoms with Crippen molar-refractivity contribution in [2.75, 3.05) is 19.6 Å². The van der Waals surface area contributed by atoms with Crippen molar-refractivity contribution in [3.05, 3.63) is 34.9 Å². The molecular formula is C15H23ClN2. The first-order valence-electron chi connectivity index (χ1n) is 6.91. The molecule has 0 bridgehead atoms. The number of halogens is 1. The Bertz CT molecular complexity index is 379. The van der Waals surface area contributed by atoms with Gasteiger partial charge >= 0.3 is 0 Å². The number of nitrogens with zero attached hydrogens (tertiary/aromatic N) is 1. The maximum absolute atomic E-state index is 6.29. The van der Waals surface area contributed by atoms with Crippen LogP contribution in [0.25, 0.3) is 0 Å². The first-order chi connectivity index (χ1) is 8.72. The molecule has 2 atom stereocenters. The van der Waals surface area contributed by atoms with Crippen LogP contribution in [0.4, 0.5) is 0 Å². The monoisotopic (exact) mass is 266 g/mol. The Labute approximate surface area is 115 Å². The highest BCUT2D eigenvalue weighted by Crippen LogP contribution is 2.31. The van der Waals surface area contributed by atoms with Crippen molar-refractivity contribution in [1.29, 1.82) is 0 Å². The predicted octanol–water partition coefficient (Wildman–Crippen LogP) is 3.46. The number of nitrogens with two attached hydrogens (primary N) is 1. The molecule has 1 aliphatic heterocycles. The molecule has 1 aromatic carbocycles. The van der Waals surface area contributed by atoms with Crippen LogP contribution < -0.4 is 5.73 Å². The predicted molar refractivity (Wildman–Crippen MR) is 77.8 cm³/mol. The molecule has 3 heteroatoms. The standard InChI is InChI=1S/C15H23ClN2/c1-12(14-6-2-3-7-15(14)16)18-10-4-5-13(11-18)8-9-17/h2-3,6-7,12-13H,4-5,8-11,17H2,1H3. The molecule has 0 saturated carbocycles. The van der Waals surface area contributed by atoms with Gasteiger partial charge in [0.15, 0.2) is 0 Å². The Balaban J connectivity index is 2.04. The third kappa shape index (κ3) is 3.25. The summed E-state index contributed by atoms with van der Waals surface area (Å²) in [6, 6.07) is 8.58. The number of benzene rings is 1. The maximum atomic E-state index is 6.29. The van der Waals surface area contributed by atoms with E-state index in [1.807, 2.05) is 12.1 Å². The SMILES string of the molecule is CC(c1ccccc1Cl)N1CCCC(CCN)C1. The number of rotatable bonds is 4. The second-order valence-electron chi connectivity index (χ2n) is 5.28. The Kier molecular flexibility index (Phi) is 5.04. The first kappa shape index (κ1) is 13.9. The van der Waals surface area contributed by atoms with Gasteiger partial charge in [0.05, 0.1) is 0 Å². The van der Waals surface area contributed by atoms with Gasteiger partial charge in [-0.2, -0.15) is 0 Å². The summed E-state index contributed by atoms with van der Waals surface area (Å²) >= 11 is 6.29. The van der Waals surface area contributed by atoms with Gasteiger partial charge in [-0.05, 0) is 56.8 Å². The van der Waals surface area contributed by atoms with Gasteiger partial charge in [-0.15, -0.1) is 0 Å². The van der Waals surface area contributed by atoms with Crippen LogP contribution in [0.2, 0.25) is 5.02 Å². The van der Waals surface area contributed by atoms with E-state index in [9.17, 15) is 0 Å². The number of hydrogen-bond acceptors (Lipinski definition) is 2. The third-order valence-corrected chi connectivity index (χ3v) is 4.37. The molecule has 1 saturated heterocycles. The zero-order valence-electron chi connectivity index (χ0n) is 11.1. The van der Waals surface area contributed by atoms with Gasteiger partial charge in [0.25, 0.3) is 0 Å². The van der Waals surface area contributed by atoms with Crippen molar-refractivity contribution in [3.63, 3.8) is 0 Å². The van der Waals surface area contributed by atoms with Gasteiger partial charge in [0, 0.05) is 17.6 Å². The van der Waals surface area contributed by atoms with E-state index >= 15 is 0 Å². The van der Waals surface area contributed by atoms with Crippen LogP contribution in [0.15, 0.2) is 24.3 Å². The highest BCUT2D eigenvalue weighted by Gasteiger charge is 2.24. The zero-order chi connectivity index (χ0) is 13.0. The number of piperidine rings is 1. The lowest BCUT2D eigenvalue weighted by Gasteiger charge is -2.37. The fourth-order valence-corrected chi connectivity index (χ4v) is 3.22. The second-order valence-corrected chi connectivity index (χ2v) is 5.69. The molecule has 1 fully saturated rings. The van der Waals surface area contributed by atoms with Crippen molar-refractivity contribution in [2.24, 2.45) is 11.7 Å². The van der Waals surface area contributed by atoms with Crippen molar-refractivity contribution >= 4 is 11.6 Å². The summed E-state index contributed by atoms with van der Waals surface area (Å²) in [4.78, 5) is 2.55. The zero-order valence-corrected chi connectivity index (χ0v) is 11.9. The topological polar surface area (TPSA) is 29.3 Å². The smallest absolute Gasteiger partial charge is 0.0453 e. The quantitative estimate of drug-likeness (QED) is 0.904. The van der Waals surface area contributed by atoms with Crippen LogP contribution in [0.1, 0.15) is 37.8 Å². The first-order valence-corrected chi connectivity index (χ1v) is 7.28. The molecule has 0 spiro atoms. The fraction of sp³-hybridized carbons (Fsp3) is 0.600. The van der Waals surface area contributed by atoms with Gasteiger partial charge in [0.2, 0.25) is 0 Å². The van der Waals surface area contributed by atoms with Gasteiger partial charge in [-0.25, -0.2) is 0 Å². The van der Waals surface area contributed by atoms with E-state index in [1.165, 1.54) is 24.9 Å². The maximum Gasteiger partial charge on any atom is 0.0453 e. The van der Waals surface area contributed by atoms with E-state index in [0.29, 0.717) is 6.04 Å². The van der Waals surface area contributed by atoms with Crippen LogP contribution in [-0.2, 0) is 0 Å². The van der Waals surface area contributed by atoms with E-state index in [1.54, 1.807) is 0 Å². The molecule has 0 aromatic heterocycles. The number of hydrogen-bond donors (Lipinski definition) is 1. The van der Waals surface area contributed by atoms with Crippen molar-refractivity contribution in [1.82, 2.24) is 4.90 Å². The van der Waals surface area contributed by atoms with Gasteiger partial charge < -0.3 is 5.73 Å². The summed E-state index contributed by atoms with van der Waals surface area (Å²) < 4.78 is 0. The Morgan fingerprint density at radius 2 is 2.22 bits per heavy atom. The van der Waals surface area contributed by atoms with Crippen LogP contribution in [0.3, 0.4) is 0 Å². The van der Waals surface area contributed by atoms with Crippen LogP contribution in [0.5, 0.6) is 0 Å². The Hall–Kier alpha value is -0.570. The molecule has 2 N–H and O–H groups in total. The summed E-state index contributed by atoms with van der Waals surface area (Å²) in [6.07, 6.45) is 3.74. The lowest BCUT2D eigenvalue weighted by molar-refractivity contribution is 0.128. The molecule has 1 heterocycles. The molecular weight excluding hydrogens is 244 g/mol. The van der Waals surface area contributed by atoms with E-state index < -0.39 is 0 Å². The minimum Gasteiger partial charge on any atom is -0.330 e. The summed E-state index contributed by atoms with van der Waals surface area (Å²) in [7, 11) is 0. The Morgan fingerprint density at radius 3 is 2.94 bits per heavy atom. The molecule has 1 aromatic rings. The molecule has 2 unspecified atom stereocenters. The van der Waals surface area contributed by atoms with Gasteiger partial charge in [-0.1, -0.05) is 29.8 Å². The average Bonchev–Trinajstić information content (AvgIpc) is 2.39. The van der Waals surface area contributed by atoms with E-state index in [2.05, 4.69) is 24.0 Å². The molecule has 2 rings (SSSR count). The highest BCUT2D eigenvalue weighted by atomic mass is 35.5. The summed E-state index contributed by atoms with van der Waals surface area (Å²) in [5.74, 6) is 0.758. The molecule has 2 nitrogen and oxygen atoms in total. The average molecular weight is 267 g/mol.